The first-order chi connectivity index (χ1) is 13.5. The molecule has 0 radical (unpaired) electrons. The Bertz CT molecular complexity index is 1000. The molecule has 2 aromatic carbocycles. The van der Waals surface area contributed by atoms with E-state index in [2.05, 4.69) is 34.6 Å². The number of rotatable bonds is 7. The molecule has 0 aliphatic carbocycles. The Morgan fingerprint density at radius 3 is 2.75 bits per heavy atom. The fourth-order valence-electron chi connectivity index (χ4n) is 2.61. The third-order valence-corrected chi connectivity index (χ3v) is 4.92. The van der Waals surface area contributed by atoms with Gasteiger partial charge in [0, 0.05) is 24.6 Å². The number of non-ortho nitro benzene ring substituents is 1. The van der Waals surface area contributed by atoms with E-state index in [9.17, 15) is 14.9 Å². The molecule has 1 N–H and O–H groups in total. The van der Waals surface area contributed by atoms with Crippen molar-refractivity contribution in [2.45, 2.75) is 19.3 Å². The minimum atomic E-state index is -0.476. The number of hydrogen-bond donors (Lipinski definition) is 1. The Labute approximate surface area is 165 Å². The highest BCUT2D eigenvalue weighted by atomic mass is 32.1. The lowest BCUT2D eigenvalue weighted by atomic mass is 9.98. The molecular weight excluding hydrogens is 376 g/mol. The van der Waals surface area contributed by atoms with Crippen molar-refractivity contribution in [3.05, 3.63) is 86.9 Å². The second-order valence-corrected chi connectivity index (χ2v) is 7.25. The van der Waals surface area contributed by atoms with Crippen LogP contribution in [-0.4, -0.2) is 21.0 Å². The smallest absolute Gasteiger partial charge is 0.270 e. The predicted octanol–water partition coefficient (Wildman–Crippen LogP) is 4.44. The summed E-state index contributed by atoms with van der Waals surface area (Å²) in [4.78, 5) is 22.4. The van der Waals surface area contributed by atoms with Crippen molar-refractivity contribution in [2.24, 2.45) is 0 Å². The first kappa shape index (κ1) is 19.4. The highest BCUT2D eigenvalue weighted by molar-refractivity contribution is 7.15. The SMILES string of the molecule is CC(Cc1nnc(NC(=O)/C=C/c2cccc([N+](=O)[O-])c2)s1)c1ccccc1. The highest BCUT2D eigenvalue weighted by Crippen LogP contribution is 2.24. The second kappa shape index (κ2) is 9.01. The molecule has 1 unspecified atom stereocenters. The summed E-state index contributed by atoms with van der Waals surface area (Å²) in [5.74, 6) is -0.0724. The topological polar surface area (TPSA) is 98.0 Å². The first-order valence-corrected chi connectivity index (χ1v) is 9.44. The van der Waals surface area contributed by atoms with E-state index in [-0.39, 0.29) is 11.6 Å². The number of hydrogen-bond acceptors (Lipinski definition) is 6. The number of carbonyl (C=O) groups excluding carboxylic acids is 1. The van der Waals surface area contributed by atoms with Crippen molar-refractivity contribution >= 4 is 34.1 Å². The average molecular weight is 394 g/mol. The average Bonchev–Trinajstić information content (AvgIpc) is 3.14. The predicted molar refractivity (Wildman–Crippen MR) is 109 cm³/mol. The number of amides is 1. The van der Waals surface area contributed by atoms with Crippen LogP contribution in [0.3, 0.4) is 0 Å². The van der Waals surface area contributed by atoms with Gasteiger partial charge in [-0.15, -0.1) is 10.2 Å². The van der Waals surface area contributed by atoms with E-state index in [4.69, 9.17) is 0 Å². The molecule has 0 saturated carbocycles. The van der Waals surface area contributed by atoms with Crippen LogP contribution < -0.4 is 5.32 Å². The number of nitrogens with one attached hydrogen (secondary N) is 1. The summed E-state index contributed by atoms with van der Waals surface area (Å²) in [5.41, 5.74) is 1.77. The van der Waals surface area contributed by atoms with Crippen LogP contribution in [0.4, 0.5) is 10.8 Å². The van der Waals surface area contributed by atoms with Gasteiger partial charge in [-0.1, -0.05) is 60.7 Å². The van der Waals surface area contributed by atoms with Crippen molar-refractivity contribution in [3.8, 4) is 0 Å². The minimum Gasteiger partial charge on any atom is -0.297 e. The van der Waals surface area contributed by atoms with Crippen LogP contribution in [-0.2, 0) is 11.2 Å². The molecule has 3 aromatic rings. The maximum Gasteiger partial charge on any atom is 0.270 e. The monoisotopic (exact) mass is 394 g/mol. The lowest BCUT2D eigenvalue weighted by molar-refractivity contribution is -0.384. The second-order valence-electron chi connectivity index (χ2n) is 6.19. The normalized spacial score (nSPS) is 12.0. The highest BCUT2D eigenvalue weighted by Gasteiger charge is 2.12. The van der Waals surface area contributed by atoms with Crippen LogP contribution in [0, 0.1) is 10.1 Å². The van der Waals surface area contributed by atoms with Crippen LogP contribution >= 0.6 is 11.3 Å². The van der Waals surface area contributed by atoms with E-state index >= 15 is 0 Å². The fourth-order valence-corrected chi connectivity index (χ4v) is 3.48. The van der Waals surface area contributed by atoms with Gasteiger partial charge in [0.25, 0.3) is 5.69 Å². The number of anilines is 1. The Kier molecular flexibility index (Phi) is 6.23. The van der Waals surface area contributed by atoms with Crippen LogP contribution in [0.25, 0.3) is 6.08 Å². The van der Waals surface area contributed by atoms with Crippen LogP contribution in [0.5, 0.6) is 0 Å². The van der Waals surface area contributed by atoms with E-state index in [0.717, 1.165) is 11.4 Å². The molecule has 0 spiro atoms. The van der Waals surface area contributed by atoms with Gasteiger partial charge in [0.1, 0.15) is 5.01 Å². The van der Waals surface area contributed by atoms with Gasteiger partial charge in [0.05, 0.1) is 4.92 Å². The van der Waals surface area contributed by atoms with E-state index in [0.29, 0.717) is 16.6 Å². The molecule has 0 saturated heterocycles. The molecule has 1 amide bonds. The van der Waals surface area contributed by atoms with Gasteiger partial charge in [-0.25, -0.2) is 0 Å². The number of nitro benzene ring substituents is 1. The third kappa shape index (κ3) is 5.31. The molecule has 142 valence electrons. The maximum absolute atomic E-state index is 12.1. The van der Waals surface area contributed by atoms with Crippen LogP contribution in [0.1, 0.15) is 29.0 Å². The number of carbonyl (C=O) groups is 1. The number of benzene rings is 2. The van der Waals surface area contributed by atoms with Crippen LogP contribution in [0.15, 0.2) is 60.7 Å². The summed E-state index contributed by atoms with van der Waals surface area (Å²) >= 11 is 1.33. The zero-order valence-electron chi connectivity index (χ0n) is 15.1. The maximum atomic E-state index is 12.1. The molecule has 1 aromatic heterocycles. The number of nitrogens with zero attached hydrogens (tertiary/aromatic N) is 3. The van der Waals surface area contributed by atoms with Gasteiger partial charge < -0.3 is 0 Å². The van der Waals surface area contributed by atoms with Crippen molar-refractivity contribution in [2.75, 3.05) is 5.32 Å². The summed E-state index contributed by atoms with van der Waals surface area (Å²) in [7, 11) is 0. The molecule has 0 fully saturated rings. The quantitative estimate of drug-likeness (QED) is 0.363. The lowest BCUT2D eigenvalue weighted by Gasteiger charge is -2.08. The molecule has 28 heavy (non-hydrogen) atoms. The summed E-state index contributed by atoms with van der Waals surface area (Å²) in [6.45, 7) is 2.12. The largest absolute Gasteiger partial charge is 0.297 e. The van der Waals surface area contributed by atoms with Gasteiger partial charge >= 0.3 is 0 Å². The van der Waals surface area contributed by atoms with Crippen molar-refractivity contribution < 1.29 is 9.72 Å². The molecule has 0 bridgehead atoms. The van der Waals surface area contributed by atoms with Crippen molar-refractivity contribution in [1.29, 1.82) is 0 Å². The molecule has 8 heteroatoms. The van der Waals surface area contributed by atoms with E-state index in [1.807, 2.05) is 18.2 Å². The molecule has 1 heterocycles. The van der Waals surface area contributed by atoms with Crippen molar-refractivity contribution in [3.63, 3.8) is 0 Å². The number of nitro groups is 1. The standard InChI is InChI=1S/C20H18N4O3S/c1-14(16-7-3-2-4-8-16)12-19-22-23-20(28-19)21-18(25)11-10-15-6-5-9-17(13-15)24(26)27/h2-11,13-14H,12H2,1H3,(H,21,23,25)/b11-10+. The molecular formula is C20H18N4O3S. The third-order valence-electron chi connectivity index (χ3n) is 4.05. The van der Waals surface area contributed by atoms with E-state index in [1.54, 1.807) is 12.1 Å². The van der Waals surface area contributed by atoms with E-state index < -0.39 is 4.92 Å². The summed E-state index contributed by atoms with van der Waals surface area (Å²) in [5, 5.41) is 22.9. The molecule has 3 rings (SSSR count). The van der Waals surface area contributed by atoms with Crippen molar-refractivity contribution in [1.82, 2.24) is 10.2 Å². The molecule has 7 nitrogen and oxygen atoms in total. The molecule has 0 aliphatic heterocycles. The van der Waals surface area contributed by atoms with Gasteiger partial charge in [-0.3, -0.25) is 20.2 Å². The van der Waals surface area contributed by atoms with E-state index in [1.165, 1.54) is 41.2 Å². The summed E-state index contributed by atoms with van der Waals surface area (Å²) in [6, 6.07) is 16.2. The Morgan fingerprint density at radius 2 is 2.00 bits per heavy atom. The zero-order chi connectivity index (χ0) is 19.9. The summed E-state index contributed by atoms with van der Waals surface area (Å²) in [6.07, 6.45) is 3.57. The fraction of sp³-hybridized carbons (Fsp3) is 0.150. The lowest BCUT2D eigenvalue weighted by Crippen LogP contribution is -2.07. The zero-order valence-corrected chi connectivity index (χ0v) is 15.9. The number of aromatic nitrogens is 2. The van der Waals surface area contributed by atoms with Gasteiger partial charge in [-0.05, 0) is 23.1 Å². The Morgan fingerprint density at radius 1 is 1.21 bits per heavy atom. The van der Waals surface area contributed by atoms with Gasteiger partial charge in [-0.2, -0.15) is 0 Å². The Hall–Kier alpha value is -3.39. The Balaban J connectivity index is 1.58. The summed E-state index contributed by atoms with van der Waals surface area (Å²) < 4.78 is 0. The van der Waals surface area contributed by atoms with Gasteiger partial charge in [0.15, 0.2) is 0 Å². The molecule has 1 atom stereocenters. The first-order valence-electron chi connectivity index (χ1n) is 8.62. The molecule has 0 aliphatic rings. The van der Waals surface area contributed by atoms with Gasteiger partial charge in [0.2, 0.25) is 11.0 Å². The van der Waals surface area contributed by atoms with Crippen LogP contribution in [0.2, 0.25) is 0 Å². The minimum absolute atomic E-state index is 0.0242.